The number of esters is 1. The summed E-state index contributed by atoms with van der Waals surface area (Å²) in [5.41, 5.74) is 0.545. The van der Waals surface area contributed by atoms with Crippen LogP contribution in [0, 0.1) is 0 Å². The molecule has 2 aromatic rings. The lowest BCUT2D eigenvalue weighted by Gasteiger charge is -2.19. The van der Waals surface area contributed by atoms with Gasteiger partial charge in [-0.2, -0.15) is 11.8 Å². The number of thioether (sulfide) groups is 1. The standard InChI is InChI=1S/C22H26O5S2/c1-22(2,3)27-21(23)13-6-16-4-7-17(8-5-16)26-18-9-11-20(12-10-18)29(24,25)15-19-14-28-19/h4-5,7-12,19H,6,13-15H2,1-3H3. The van der Waals surface area contributed by atoms with Crippen molar-refractivity contribution in [3.8, 4) is 11.5 Å². The summed E-state index contributed by atoms with van der Waals surface area (Å²) in [6.07, 6.45) is 0.924. The Kier molecular flexibility index (Phi) is 6.58. The van der Waals surface area contributed by atoms with Crippen LogP contribution in [0.25, 0.3) is 0 Å². The molecule has 0 aliphatic carbocycles. The molecule has 5 nitrogen and oxygen atoms in total. The van der Waals surface area contributed by atoms with Crippen LogP contribution in [-0.4, -0.2) is 36.7 Å². The average Bonchev–Trinajstić information content (AvgIpc) is 3.43. The second-order valence-corrected chi connectivity index (χ2v) is 11.4. The Morgan fingerprint density at radius 2 is 1.59 bits per heavy atom. The van der Waals surface area contributed by atoms with E-state index < -0.39 is 15.4 Å². The smallest absolute Gasteiger partial charge is 0.306 e. The molecule has 1 atom stereocenters. The number of benzene rings is 2. The minimum absolute atomic E-state index is 0.197. The number of aryl methyl sites for hydroxylation is 1. The lowest BCUT2D eigenvalue weighted by Crippen LogP contribution is -2.23. The maximum absolute atomic E-state index is 12.3. The summed E-state index contributed by atoms with van der Waals surface area (Å²) in [5.74, 6) is 2.13. The van der Waals surface area contributed by atoms with Crippen LogP contribution < -0.4 is 4.74 Å². The van der Waals surface area contributed by atoms with Crippen molar-refractivity contribution < 1.29 is 22.7 Å². The van der Waals surface area contributed by atoms with Crippen molar-refractivity contribution in [2.75, 3.05) is 11.5 Å². The van der Waals surface area contributed by atoms with E-state index in [1.807, 2.05) is 45.0 Å². The molecule has 0 aromatic heterocycles. The number of rotatable bonds is 8. The van der Waals surface area contributed by atoms with Gasteiger partial charge >= 0.3 is 5.97 Å². The topological polar surface area (TPSA) is 69.7 Å². The highest BCUT2D eigenvalue weighted by Gasteiger charge is 2.29. The van der Waals surface area contributed by atoms with Crippen molar-refractivity contribution in [3.63, 3.8) is 0 Å². The Labute approximate surface area is 176 Å². The van der Waals surface area contributed by atoms with E-state index in [9.17, 15) is 13.2 Å². The van der Waals surface area contributed by atoms with Crippen LogP contribution in [0.1, 0.15) is 32.8 Å². The fourth-order valence-corrected chi connectivity index (χ4v) is 5.40. The number of carbonyl (C=O) groups is 1. The summed E-state index contributed by atoms with van der Waals surface area (Å²) >= 11 is 1.67. The third kappa shape index (κ3) is 7.08. The highest BCUT2D eigenvalue weighted by atomic mass is 32.2. The molecule has 0 N–H and O–H groups in total. The van der Waals surface area contributed by atoms with Crippen molar-refractivity contribution in [2.24, 2.45) is 0 Å². The van der Waals surface area contributed by atoms with Crippen LogP contribution in [0.2, 0.25) is 0 Å². The van der Waals surface area contributed by atoms with Gasteiger partial charge in [0.1, 0.15) is 17.1 Å². The molecule has 1 aliphatic rings. The van der Waals surface area contributed by atoms with Gasteiger partial charge in [0.15, 0.2) is 9.84 Å². The summed E-state index contributed by atoms with van der Waals surface area (Å²) < 4.78 is 35.7. The van der Waals surface area contributed by atoms with Crippen LogP contribution in [0.5, 0.6) is 11.5 Å². The summed E-state index contributed by atoms with van der Waals surface area (Å²) in [5, 5.41) is 0.241. The molecule has 0 radical (unpaired) electrons. The normalized spacial score (nSPS) is 16.3. The van der Waals surface area contributed by atoms with Crippen molar-refractivity contribution in [2.45, 2.75) is 49.4 Å². The van der Waals surface area contributed by atoms with Gasteiger partial charge in [-0.3, -0.25) is 4.79 Å². The van der Waals surface area contributed by atoms with Gasteiger partial charge in [-0.05, 0) is 69.2 Å². The number of hydrogen-bond acceptors (Lipinski definition) is 6. The molecule has 1 fully saturated rings. The van der Waals surface area contributed by atoms with Gasteiger partial charge in [-0.1, -0.05) is 12.1 Å². The third-order valence-electron chi connectivity index (χ3n) is 4.19. The van der Waals surface area contributed by atoms with Crippen LogP contribution in [0.3, 0.4) is 0 Å². The minimum atomic E-state index is -3.23. The van der Waals surface area contributed by atoms with Crippen molar-refractivity contribution >= 4 is 27.6 Å². The lowest BCUT2D eigenvalue weighted by molar-refractivity contribution is -0.154. The van der Waals surface area contributed by atoms with E-state index in [2.05, 4.69) is 0 Å². The van der Waals surface area contributed by atoms with Gasteiger partial charge in [-0.25, -0.2) is 8.42 Å². The molecule has 1 aliphatic heterocycles. The Morgan fingerprint density at radius 1 is 1.03 bits per heavy atom. The van der Waals surface area contributed by atoms with Gasteiger partial charge in [0.05, 0.1) is 10.6 Å². The second kappa shape index (κ2) is 8.79. The molecule has 1 unspecified atom stereocenters. The van der Waals surface area contributed by atoms with Crippen LogP contribution >= 0.6 is 11.8 Å². The largest absolute Gasteiger partial charge is 0.460 e. The molecule has 0 bridgehead atoms. The number of hydrogen-bond donors (Lipinski definition) is 0. The summed E-state index contributed by atoms with van der Waals surface area (Å²) in [6, 6.07) is 14.0. The highest BCUT2D eigenvalue weighted by molar-refractivity contribution is 8.08. The second-order valence-electron chi connectivity index (χ2n) is 8.04. The zero-order chi connectivity index (χ0) is 21.1. The molecule has 29 heavy (non-hydrogen) atoms. The molecule has 2 aromatic carbocycles. The first-order valence-corrected chi connectivity index (χ1v) is 12.2. The zero-order valence-electron chi connectivity index (χ0n) is 16.9. The Balaban J connectivity index is 1.53. The number of ether oxygens (including phenoxy) is 2. The van der Waals surface area contributed by atoms with Crippen molar-refractivity contribution in [1.82, 2.24) is 0 Å². The highest BCUT2D eigenvalue weighted by Crippen LogP contribution is 2.33. The maximum atomic E-state index is 12.3. The van der Waals surface area contributed by atoms with E-state index in [0.717, 1.165) is 11.3 Å². The molecule has 1 saturated heterocycles. The zero-order valence-corrected chi connectivity index (χ0v) is 18.5. The first-order chi connectivity index (χ1) is 13.6. The van der Waals surface area contributed by atoms with Crippen LogP contribution in [-0.2, 0) is 25.8 Å². The summed E-state index contributed by atoms with van der Waals surface area (Å²) in [4.78, 5) is 12.1. The Hall–Kier alpha value is -1.99. The van der Waals surface area contributed by atoms with Crippen molar-refractivity contribution in [3.05, 3.63) is 54.1 Å². The monoisotopic (exact) mass is 434 g/mol. The minimum Gasteiger partial charge on any atom is -0.460 e. The van der Waals surface area contributed by atoms with Crippen LogP contribution in [0.4, 0.5) is 0 Å². The van der Waals surface area contributed by atoms with Crippen LogP contribution in [0.15, 0.2) is 53.4 Å². The molecular formula is C22H26O5S2. The SMILES string of the molecule is CC(C)(C)OC(=O)CCc1ccc(Oc2ccc(S(=O)(=O)CC3CS3)cc2)cc1. The maximum Gasteiger partial charge on any atom is 0.306 e. The van der Waals surface area contributed by atoms with E-state index in [1.165, 1.54) is 0 Å². The van der Waals surface area contributed by atoms with E-state index in [1.54, 1.807) is 36.0 Å². The molecule has 1 heterocycles. The lowest BCUT2D eigenvalue weighted by atomic mass is 10.1. The van der Waals surface area contributed by atoms with E-state index in [4.69, 9.17) is 9.47 Å². The molecule has 0 spiro atoms. The average molecular weight is 435 g/mol. The molecule has 3 rings (SSSR count). The first-order valence-electron chi connectivity index (χ1n) is 9.54. The number of sulfone groups is 1. The fourth-order valence-electron chi connectivity index (χ4n) is 2.72. The van der Waals surface area contributed by atoms with Gasteiger partial charge in [-0.15, -0.1) is 0 Å². The predicted molar refractivity (Wildman–Crippen MR) is 115 cm³/mol. The number of carbonyl (C=O) groups excluding carboxylic acids is 1. The molecule has 7 heteroatoms. The molecule has 0 amide bonds. The van der Waals surface area contributed by atoms with Gasteiger partial charge in [0, 0.05) is 17.4 Å². The van der Waals surface area contributed by atoms with Gasteiger partial charge in [0.25, 0.3) is 0 Å². The quantitative estimate of drug-likeness (QED) is 0.445. The fraction of sp³-hybridized carbons (Fsp3) is 0.409. The summed E-state index contributed by atoms with van der Waals surface area (Å²) in [7, 11) is -3.23. The third-order valence-corrected chi connectivity index (χ3v) is 7.20. The van der Waals surface area contributed by atoms with E-state index in [-0.39, 0.29) is 17.0 Å². The van der Waals surface area contributed by atoms with Gasteiger partial charge < -0.3 is 9.47 Å². The Morgan fingerprint density at radius 3 is 2.10 bits per heavy atom. The van der Waals surface area contributed by atoms with Crippen molar-refractivity contribution in [1.29, 1.82) is 0 Å². The first kappa shape index (κ1) is 21.7. The van der Waals surface area contributed by atoms with E-state index >= 15 is 0 Å². The Bertz CT molecular complexity index is 938. The predicted octanol–water partition coefficient (Wildman–Crippen LogP) is 4.64. The van der Waals surface area contributed by atoms with Gasteiger partial charge in [0.2, 0.25) is 0 Å². The molecule has 0 saturated carbocycles. The molecule has 156 valence electrons. The summed E-state index contributed by atoms with van der Waals surface area (Å²) in [6.45, 7) is 5.56. The molecular weight excluding hydrogens is 408 g/mol. The van der Waals surface area contributed by atoms with E-state index in [0.29, 0.717) is 29.2 Å².